The van der Waals surface area contributed by atoms with Gasteiger partial charge in [0.1, 0.15) is 5.82 Å². The van der Waals surface area contributed by atoms with Gasteiger partial charge in [-0.05, 0) is 31.0 Å². The van der Waals surface area contributed by atoms with Gasteiger partial charge in [0.05, 0.1) is 23.1 Å². The standard InChI is InChI=1S/C12H15FN2O4S/c1-7-4-9(20(14,17)18)5-10(11(7)13)12(16)15-8-2-3-19-6-8/h4-5,8H,2-3,6H2,1H3,(H,15,16)(H2,14,17,18). The number of ether oxygens (including phenoxy) is 1. The second-order valence-electron chi connectivity index (χ2n) is 4.68. The molecular formula is C12H15FN2O4S. The highest BCUT2D eigenvalue weighted by Gasteiger charge is 2.23. The van der Waals surface area contributed by atoms with Crippen molar-refractivity contribution in [2.75, 3.05) is 13.2 Å². The van der Waals surface area contributed by atoms with E-state index in [1.165, 1.54) is 6.92 Å². The zero-order valence-electron chi connectivity index (χ0n) is 10.8. The fourth-order valence-electron chi connectivity index (χ4n) is 1.98. The van der Waals surface area contributed by atoms with Crippen molar-refractivity contribution in [2.24, 2.45) is 5.14 Å². The molecule has 0 radical (unpaired) electrons. The van der Waals surface area contributed by atoms with E-state index in [4.69, 9.17) is 9.88 Å². The molecule has 1 saturated heterocycles. The number of amides is 1. The minimum absolute atomic E-state index is 0.0457. The molecule has 1 aromatic carbocycles. The molecule has 1 fully saturated rings. The Morgan fingerprint density at radius 2 is 2.20 bits per heavy atom. The van der Waals surface area contributed by atoms with E-state index < -0.39 is 21.7 Å². The van der Waals surface area contributed by atoms with E-state index in [1.807, 2.05) is 0 Å². The van der Waals surface area contributed by atoms with Crippen LogP contribution >= 0.6 is 0 Å². The van der Waals surface area contributed by atoms with Gasteiger partial charge in [-0.1, -0.05) is 0 Å². The van der Waals surface area contributed by atoms with Crippen LogP contribution in [0.5, 0.6) is 0 Å². The monoisotopic (exact) mass is 302 g/mol. The van der Waals surface area contributed by atoms with Crippen LogP contribution in [-0.2, 0) is 14.8 Å². The normalized spacial score (nSPS) is 19.1. The largest absolute Gasteiger partial charge is 0.379 e. The number of hydrogen-bond acceptors (Lipinski definition) is 4. The van der Waals surface area contributed by atoms with E-state index in [9.17, 15) is 17.6 Å². The molecule has 1 amide bonds. The highest BCUT2D eigenvalue weighted by Crippen LogP contribution is 2.19. The Balaban J connectivity index is 2.34. The molecule has 0 spiro atoms. The molecule has 110 valence electrons. The van der Waals surface area contributed by atoms with Crippen molar-refractivity contribution >= 4 is 15.9 Å². The van der Waals surface area contributed by atoms with Crippen molar-refractivity contribution in [3.05, 3.63) is 29.1 Å². The molecule has 20 heavy (non-hydrogen) atoms. The van der Waals surface area contributed by atoms with Crippen molar-refractivity contribution in [2.45, 2.75) is 24.3 Å². The molecular weight excluding hydrogens is 287 g/mol. The number of carbonyl (C=O) groups is 1. The average molecular weight is 302 g/mol. The number of halogens is 1. The molecule has 1 atom stereocenters. The fraction of sp³-hybridized carbons (Fsp3) is 0.417. The molecule has 2 rings (SSSR count). The average Bonchev–Trinajstić information content (AvgIpc) is 2.83. The maximum atomic E-state index is 14.0. The Kier molecular flexibility index (Phi) is 4.07. The van der Waals surface area contributed by atoms with Gasteiger partial charge >= 0.3 is 0 Å². The SMILES string of the molecule is Cc1cc(S(N)(=O)=O)cc(C(=O)NC2CCOC2)c1F. The lowest BCUT2D eigenvalue weighted by molar-refractivity contribution is 0.0925. The van der Waals surface area contributed by atoms with Gasteiger partial charge in [0.25, 0.3) is 5.91 Å². The second-order valence-corrected chi connectivity index (χ2v) is 6.24. The van der Waals surface area contributed by atoms with Gasteiger partial charge in [-0.2, -0.15) is 0 Å². The maximum Gasteiger partial charge on any atom is 0.254 e. The molecule has 0 aliphatic carbocycles. The van der Waals surface area contributed by atoms with Crippen LogP contribution in [0.1, 0.15) is 22.3 Å². The van der Waals surface area contributed by atoms with Crippen LogP contribution in [0, 0.1) is 12.7 Å². The van der Waals surface area contributed by atoms with Crippen molar-refractivity contribution in [1.82, 2.24) is 5.32 Å². The van der Waals surface area contributed by atoms with Gasteiger partial charge in [-0.15, -0.1) is 0 Å². The Hall–Kier alpha value is -1.51. The highest BCUT2D eigenvalue weighted by molar-refractivity contribution is 7.89. The lowest BCUT2D eigenvalue weighted by atomic mass is 10.1. The summed E-state index contributed by atoms with van der Waals surface area (Å²) in [6.07, 6.45) is 0.640. The summed E-state index contributed by atoms with van der Waals surface area (Å²) in [5, 5.41) is 7.61. The quantitative estimate of drug-likeness (QED) is 0.839. The van der Waals surface area contributed by atoms with Gasteiger partial charge in [0, 0.05) is 6.61 Å². The van der Waals surface area contributed by atoms with Crippen LogP contribution in [0.2, 0.25) is 0 Å². The minimum atomic E-state index is -4.00. The number of nitrogens with one attached hydrogen (secondary N) is 1. The molecule has 8 heteroatoms. The van der Waals surface area contributed by atoms with Crippen LogP contribution in [0.4, 0.5) is 4.39 Å². The number of benzene rings is 1. The summed E-state index contributed by atoms with van der Waals surface area (Å²) in [5.74, 6) is -1.43. The van der Waals surface area contributed by atoms with Crippen LogP contribution < -0.4 is 10.5 Å². The Bertz CT molecular complexity index is 639. The molecule has 1 heterocycles. The highest BCUT2D eigenvalue weighted by atomic mass is 32.2. The van der Waals surface area contributed by atoms with Gasteiger partial charge in [-0.3, -0.25) is 4.79 Å². The fourth-order valence-corrected chi connectivity index (χ4v) is 2.60. The summed E-state index contributed by atoms with van der Waals surface area (Å²) >= 11 is 0. The minimum Gasteiger partial charge on any atom is -0.379 e. The number of hydrogen-bond donors (Lipinski definition) is 2. The summed E-state index contributed by atoms with van der Waals surface area (Å²) in [6, 6.07) is 1.85. The first-order chi connectivity index (χ1) is 9.29. The number of sulfonamides is 1. The third-order valence-corrected chi connectivity index (χ3v) is 3.96. The summed E-state index contributed by atoms with van der Waals surface area (Å²) < 4.78 is 41.7. The topological polar surface area (TPSA) is 98.5 Å². The van der Waals surface area contributed by atoms with E-state index in [2.05, 4.69) is 5.32 Å². The van der Waals surface area contributed by atoms with Crippen LogP contribution in [0.25, 0.3) is 0 Å². The summed E-state index contributed by atoms with van der Waals surface area (Å²) in [7, 11) is -4.00. The predicted octanol–water partition coefficient (Wildman–Crippen LogP) is 0.300. The molecule has 0 saturated carbocycles. The van der Waals surface area contributed by atoms with E-state index in [1.54, 1.807) is 0 Å². The third-order valence-electron chi connectivity index (χ3n) is 3.07. The lowest BCUT2D eigenvalue weighted by Gasteiger charge is -2.13. The van der Waals surface area contributed by atoms with E-state index in [-0.39, 0.29) is 22.1 Å². The zero-order chi connectivity index (χ0) is 14.9. The number of aryl methyl sites for hydroxylation is 1. The van der Waals surface area contributed by atoms with Crippen LogP contribution in [0.3, 0.4) is 0 Å². The molecule has 1 aliphatic heterocycles. The molecule has 1 aliphatic rings. The van der Waals surface area contributed by atoms with Gasteiger partial charge < -0.3 is 10.1 Å². The first-order valence-corrected chi connectivity index (χ1v) is 7.55. The number of rotatable bonds is 3. The van der Waals surface area contributed by atoms with E-state index in [0.29, 0.717) is 19.6 Å². The zero-order valence-corrected chi connectivity index (χ0v) is 11.7. The maximum absolute atomic E-state index is 14.0. The summed E-state index contributed by atoms with van der Waals surface area (Å²) in [4.78, 5) is 11.7. The van der Waals surface area contributed by atoms with Gasteiger partial charge in [-0.25, -0.2) is 17.9 Å². The molecule has 3 N–H and O–H groups in total. The van der Waals surface area contributed by atoms with Crippen molar-refractivity contribution in [3.8, 4) is 0 Å². The molecule has 1 aromatic rings. The van der Waals surface area contributed by atoms with Crippen molar-refractivity contribution in [3.63, 3.8) is 0 Å². The van der Waals surface area contributed by atoms with Gasteiger partial charge in [0.2, 0.25) is 10.0 Å². The Morgan fingerprint density at radius 3 is 2.75 bits per heavy atom. The molecule has 6 nitrogen and oxygen atoms in total. The second kappa shape index (κ2) is 5.47. The molecule has 1 unspecified atom stereocenters. The predicted molar refractivity (Wildman–Crippen MR) is 69.2 cm³/mol. The summed E-state index contributed by atoms with van der Waals surface area (Å²) in [5.41, 5.74) is -0.287. The Morgan fingerprint density at radius 1 is 1.50 bits per heavy atom. The lowest BCUT2D eigenvalue weighted by Crippen LogP contribution is -2.35. The van der Waals surface area contributed by atoms with Crippen molar-refractivity contribution in [1.29, 1.82) is 0 Å². The van der Waals surface area contributed by atoms with Crippen LogP contribution in [0.15, 0.2) is 17.0 Å². The first-order valence-electron chi connectivity index (χ1n) is 6.00. The van der Waals surface area contributed by atoms with Crippen LogP contribution in [-0.4, -0.2) is 33.6 Å². The third kappa shape index (κ3) is 3.14. The number of primary sulfonamides is 1. The van der Waals surface area contributed by atoms with Gasteiger partial charge in [0.15, 0.2) is 0 Å². The number of carbonyl (C=O) groups excluding carboxylic acids is 1. The Labute approximate surface area is 116 Å². The van der Waals surface area contributed by atoms with E-state index >= 15 is 0 Å². The smallest absolute Gasteiger partial charge is 0.254 e. The number of nitrogens with two attached hydrogens (primary N) is 1. The van der Waals surface area contributed by atoms with Crippen molar-refractivity contribution < 1.29 is 22.3 Å². The molecule has 0 bridgehead atoms. The summed E-state index contributed by atoms with van der Waals surface area (Å²) in [6.45, 7) is 2.27. The molecule has 0 aromatic heterocycles. The van der Waals surface area contributed by atoms with E-state index in [0.717, 1.165) is 12.1 Å². The first kappa shape index (κ1) is 14.9.